The van der Waals surface area contributed by atoms with Gasteiger partial charge in [0.2, 0.25) is 0 Å². The molecule has 0 spiro atoms. The van der Waals surface area contributed by atoms with Gasteiger partial charge in [0.1, 0.15) is 0 Å². The zero-order valence-corrected chi connectivity index (χ0v) is 10.8. The Balaban J connectivity index is 1.91. The topological polar surface area (TPSA) is 0 Å². The molecule has 2 aliphatic rings. The second kappa shape index (κ2) is 4.33. The van der Waals surface area contributed by atoms with E-state index in [0.717, 1.165) is 5.92 Å². The van der Waals surface area contributed by atoms with E-state index < -0.39 is 0 Å². The number of fused-ring (bicyclic) bond motifs is 1. The van der Waals surface area contributed by atoms with Crippen LogP contribution in [0.15, 0.2) is 35.9 Å². The minimum atomic E-state index is 0.522. The summed E-state index contributed by atoms with van der Waals surface area (Å²) in [4.78, 5) is 0. The Labute approximate surface area is 105 Å². The minimum absolute atomic E-state index is 0.522. The van der Waals surface area contributed by atoms with Gasteiger partial charge >= 0.3 is 0 Å². The van der Waals surface area contributed by atoms with Crippen molar-refractivity contribution in [1.82, 2.24) is 0 Å². The van der Waals surface area contributed by atoms with Gasteiger partial charge in [0.15, 0.2) is 0 Å². The van der Waals surface area contributed by atoms with Crippen LogP contribution in [0.3, 0.4) is 0 Å². The van der Waals surface area contributed by atoms with Crippen molar-refractivity contribution in [3.63, 3.8) is 0 Å². The average molecular weight is 226 g/mol. The van der Waals surface area contributed by atoms with Crippen LogP contribution in [-0.4, -0.2) is 0 Å². The molecule has 0 heteroatoms. The second-order valence-corrected chi connectivity index (χ2v) is 5.98. The molecule has 2 unspecified atom stereocenters. The molecular weight excluding hydrogens is 204 g/mol. The van der Waals surface area contributed by atoms with Gasteiger partial charge in [0.25, 0.3) is 0 Å². The highest BCUT2D eigenvalue weighted by Crippen LogP contribution is 2.55. The maximum Gasteiger partial charge on any atom is -0.00847 e. The van der Waals surface area contributed by atoms with E-state index in [2.05, 4.69) is 43.3 Å². The fourth-order valence-corrected chi connectivity index (χ4v) is 3.89. The molecule has 0 bridgehead atoms. The lowest BCUT2D eigenvalue weighted by atomic mass is 9.67. The van der Waals surface area contributed by atoms with Crippen molar-refractivity contribution >= 4 is 6.08 Å². The van der Waals surface area contributed by atoms with Crippen molar-refractivity contribution in [1.29, 1.82) is 0 Å². The van der Waals surface area contributed by atoms with Crippen molar-refractivity contribution in [2.75, 3.05) is 0 Å². The zero-order chi connectivity index (χ0) is 11.7. The van der Waals surface area contributed by atoms with Gasteiger partial charge in [-0.15, -0.1) is 0 Å². The molecule has 0 amide bonds. The van der Waals surface area contributed by atoms with Crippen LogP contribution in [0.4, 0.5) is 0 Å². The molecule has 0 nitrogen and oxygen atoms in total. The summed E-state index contributed by atoms with van der Waals surface area (Å²) in [6.07, 6.45) is 11.0. The van der Waals surface area contributed by atoms with E-state index in [4.69, 9.17) is 0 Å². The van der Waals surface area contributed by atoms with Crippen LogP contribution in [0.1, 0.15) is 51.0 Å². The fraction of sp³-hybridized carbons (Fsp3) is 0.529. The largest absolute Gasteiger partial charge is 0.0634 e. The predicted molar refractivity (Wildman–Crippen MR) is 73.7 cm³/mol. The first-order valence-electron chi connectivity index (χ1n) is 7.05. The van der Waals surface area contributed by atoms with Crippen molar-refractivity contribution < 1.29 is 0 Å². The minimum Gasteiger partial charge on any atom is -0.0634 e. The standard InChI is InChI=1S/C17H22/c1-17-12-6-5-9-15(17)10-11-16(17)13-14-7-3-2-4-8-14/h2-4,7-8,13,15H,5-6,9-12H2,1H3/b16-13-. The van der Waals surface area contributed by atoms with E-state index in [-0.39, 0.29) is 0 Å². The lowest BCUT2D eigenvalue weighted by Crippen LogP contribution is -2.26. The summed E-state index contributed by atoms with van der Waals surface area (Å²) in [6.45, 7) is 2.51. The van der Waals surface area contributed by atoms with Crippen molar-refractivity contribution in [3.8, 4) is 0 Å². The molecule has 1 aromatic rings. The van der Waals surface area contributed by atoms with Gasteiger partial charge in [-0.3, -0.25) is 0 Å². The molecule has 2 aliphatic carbocycles. The number of allylic oxidation sites excluding steroid dienone is 1. The van der Waals surface area contributed by atoms with E-state index >= 15 is 0 Å². The van der Waals surface area contributed by atoms with Crippen molar-refractivity contribution in [2.24, 2.45) is 11.3 Å². The summed E-state index contributed by atoms with van der Waals surface area (Å²) in [5.41, 5.74) is 3.62. The summed E-state index contributed by atoms with van der Waals surface area (Å²) in [7, 11) is 0. The van der Waals surface area contributed by atoms with Crippen LogP contribution in [0, 0.1) is 11.3 Å². The normalized spacial score (nSPS) is 34.9. The molecule has 2 saturated carbocycles. The SMILES string of the molecule is CC12CCCCC1CC/C2=C/c1ccccc1. The van der Waals surface area contributed by atoms with E-state index in [0.29, 0.717) is 5.41 Å². The molecular formula is C17H22. The molecule has 0 N–H and O–H groups in total. The van der Waals surface area contributed by atoms with Crippen LogP contribution in [0.25, 0.3) is 6.08 Å². The Bertz CT molecular complexity index is 415. The van der Waals surface area contributed by atoms with Crippen LogP contribution in [0.5, 0.6) is 0 Å². The number of hydrogen-bond acceptors (Lipinski definition) is 0. The third-order valence-electron chi connectivity index (χ3n) is 5.04. The molecule has 90 valence electrons. The smallest absolute Gasteiger partial charge is 0.00847 e. The summed E-state index contributed by atoms with van der Waals surface area (Å²) in [5.74, 6) is 0.964. The van der Waals surface area contributed by atoms with E-state index in [9.17, 15) is 0 Å². The van der Waals surface area contributed by atoms with E-state index in [1.54, 1.807) is 5.57 Å². The summed E-state index contributed by atoms with van der Waals surface area (Å²) in [5, 5.41) is 0. The molecule has 0 heterocycles. The van der Waals surface area contributed by atoms with Gasteiger partial charge in [-0.05, 0) is 42.6 Å². The monoisotopic (exact) mass is 226 g/mol. The number of benzene rings is 1. The highest BCUT2D eigenvalue weighted by Gasteiger charge is 2.43. The quantitative estimate of drug-likeness (QED) is 0.628. The first kappa shape index (κ1) is 11.1. The highest BCUT2D eigenvalue weighted by molar-refractivity contribution is 5.55. The Morgan fingerprint density at radius 1 is 1.12 bits per heavy atom. The third-order valence-corrected chi connectivity index (χ3v) is 5.04. The molecule has 2 fully saturated rings. The molecule has 17 heavy (non-hydrogen) atoms. The van der Waals surface area contributed by atoms with Gasteiger partial charge in [0.05, 0.1) is 0 Å². The zero-order valence-electron chi connectivity index (χ0n) is 10.8. The summed E-state index contributed by atoms with van der Waals surface area (Å²) < 4.78 is 0. The van der Waals surface area contributed by atoms with Gasteiger partial charge < -0.3 is 0 Å². The van der Waals surface area contributed by atoms with Crippen LogP contribution in [0.2, 0.25) is 0 Å². The van der Waals surface area contributed by atoms with Crippen LogP contribution < -0.4 is 0 Å². The maximum atomic E-state index is 2.51. The van der Waals surface area contributed by atoms with Gasteiger partial charge in [-0.25, -0.2) is 0 Å². The number of rotatable bonds is 1. The van der Waals surface area contributed by atoms with E-state index in [1.807, 2.05) is 0 Å². The lowest BCUT2D eigenvalue weighted by molar-refractivity contribution is 0.189. The molecule has 0 aliphatic heterocycles. The second-order valence-electron chi connectivity index (χ2n) is 5.98. The number of hydrogen-bond donors (Lipinski definition) is 0. The molecule has 2 atom stereocenters. The summed E-state index contributed by atoms with van der Waals surface area (Å²) in [6, 6.07) is 10.8. The predicted octanol–water partition coefficient (Wildman–Crippen LogP) is 5.06. The average Bonchev–Trinajstić information content (AvgIpc) is 2.68. The molecule has 0 radical (unpaired) electrons. The molecule has 0 aromatic heterocycles. The van der Waals surface area contributed by atoms with Crippen LogP contribution >= 0.6 is 0 Å². The lowest BCUT2D eigenvalue weighted by Gasteiger charge is -2.37. The first-order valence-corrected chi connectivity index (χ1v) is 7.05. The van der Waals surface area contributed by atoms with Crippen molar-refractivity contribution in [2.45, 2.75) is 45.4 Å². The third kappa shape index (κ3) is 1.94. The molecule has 3 rings (SSSR count). The van der Waals surface area contributed by atoms with Crippen LogP contribution in [-0.2, 0) is 0 Å². The Kier molecular flexibility index (Phi) is 2.82. The Morgan fingerprint density at radius 3 is 2.76 bits per heavy atom. The highest BCUT2D eigenvalue weighted by atomic mass is 14.5. The molecule has 0 saturated heterocycles. The van der Waals surface area contributed by atoms with Gasteiger partial charge in [-0.1, -0.05) is 61.7 Å². The fourth-order valence-electron chi connectivity index (χ4n) is 3.89. The molecule has 1 aromatic carbocycles. The van der Waals surface area contributed by atoms with E-state index in [1.165, 1.54) is 44.1 Å². The maximum absolute atomic E-state index is 2.51. The Morgan fingerprint density at radius 2 is 1.94 bits per heavy atom. The first-order chi connectivity index (χ1) is 8.29. The Hall–Kier alpha value is -1.04. The van der Waals surface area contributed by atoms with Gasteiger partial charge in [0, 0.05) is 0 Å². The van der Waals surface area contributed by atoms with Gasteiger partial charge in [-0.2, -0.15) is 0 Å². The summed E-state index contributed by atoms with van der Waals surface area (Å²) >= 11 is 0. The van der Waals surface area contributed by atoms with Crippen molar-refractivity contribution in [3.05, 3.63) is 41.5 Å².